The largest absolute Gasteiger partial charge is 0.494 e. The molecule has 2 rings (SSSR count). The van der Waals surface area contributed by atoms with Crippen LogP contribution in [0.2, 0.25) is 0 Å². The fraction of sp³-hybridized carbons (Fsp3) is 0.190. The maximum absolute atomic E-state index is 12.4. The highest BCUT2D eigenvalue weighted by molar-refractivity contribution is 6.09. The van der Waals surface area contributed by atoms with Crippen LogP contribution in [0.4, 0.5) is 5.69 Å². The Hall–Kier alpha value is -3.79. The van der Waals surface area contributed by atoms with Crippen molar-refractivity contribution in [3.05, 3.63) is 53.6 Å². The van der Waals surface area contributed by atoms with Crippen molar-refractivity contribution >= 4 is 23.6 Å². The van der Waals surface area contributed by atoms with E-state index >= 15 is 0 Å². The minimum Gasteiger partial charge on any atom is -0.494 e. The molecule has 0 unspecified atom stereocenters. The Morgan fingerprint density at radius 2 is 1.96 bits per heavy atom. The number of hydrogen-bond acceptors (Lipinski definition) is 6. The van der Waals surface area contributed by atoms with Crippen LogP contribution >= 0.6 is 0 Å². The highest BCUT2D eigenvalue weighted by Crippen LogP contribution is 2.29. The van der Waals surface area contributed by atoms with Crippen molar-refractivity contribution in [1.29, 1.82) is 5.26 Å². The van der Waals surface area contributed by atoms with Crippen LogP contribution in [0.25, 0.3) is 6.08 Å². The van der Waals surface area contributed by atoms with Crippen LogP contribution in [0.1, 0.15) is 19.4 Å². The Bertz CT molecular complexity index is 944. The Balaban J connectivity index is 2.23. The van der Waals surface area contributed by atoms with Gasteiger partial charge in [-0.3, -0.25) is 9.59 Å². The molecule has 7 heteroatoms. The highest BCUT2D eigenvalue weighted by Gasteiger charge is 2.12. The Labute approximate surface area is 163 Å². The lowest BCUT2D eigenvalue weighted by Crippen LogP contribution is -2.13. The second-order valence-electron chi connectivity index (χ2n) is 5.59. The van der Waals surface area contributed by atoms with Crippen LogP contribution in [0.3, 0.4) is 0 Å². The summed E-state index contributed by atoms with van der Waals surface area (Å²) in [5.41, 5.74) is 0.964. The lowest BCUT2D eigenvalue weighted by atomic mass is 10.1. The summed E-state index contributed by atoms with van der Waals surface area (Å²) < 4.78 is 15.6. The van der Waals surface area contributed by atoms with Gasteiger partial charge in [0.15, 0.2) is 11.5 Å². The quantitative estimate of drug-likeness (QED) is 0.341. The average molecular weight is 380 g/mol. The summed E-state index contributed by atoms with van der Waals surface area (Å²) in [6, 6.07) is 13.5. The van der Waals surface area contributed by atoms with Gasteiger partial charge in [0.25, 0.3) is 5.91 Å². The molecule has 0 heterocycles. The second-order valence-corrected chi connectivity index (χ2v) is 5.59. The van der Waals surface area contributed by atoms with E-state index in [0.29, 0.717) is 29.4 Å². The van der Waals surface area contributed by atoms with Gasteiger partial charge in [0, 0.05) is 18.7 Å². The fourth-order valence-electron chi connectivity index (χ4n) is 2.36. The topological polar surface area (TPSA) is 97.6 Å². The van der Waals surface area contributed by atoms with Crippen LogP contribution in [0, 0.1) is 11.3 Å². The van der Waals surface area contributed by atoms with E-state index in [1.54, 1.807) is 36.4 Å². The van der Waals surface area contributed by atoms with Gasteiger partial charge in [-0.15, -0.1) is 0 Å². The maximum atomic E-state index is 12.4. The Morgan fingerprint density at radius 3 is 2.61 bits per heavy atom. The number of amides is 1. The number of nitriles is 1. The van der Waals surface area contributed by atoms with Gasteiger partial charge in [-0.05, 0) is 42.8 Å². The summed E-state index contributed by atoms with van der Waals surface area (Å²) in [6.07, 6.45) is 1.42. The van der Waals surface area contributed by atoms with Gasteiger partial charge in [-0.2, -0.15) is 5.26 Å². The third-order valence-electron chi connectivity index (χ3n) is 3.52. The number of nitrogens with zero attached hydrogens (tertiary/aromatic N) is 1. The van der Waals surface area contributed by atoms with Gasteiger partial charge in [-0.25, -0.2) is 0 Å². The SMILES string of the molecule is CCOc1cccc(NC(=O)/C(C#N)=C\c2ccc(OC(C)=O)c(OC)c2)c1. The van der Waals surface area contributed by atoms with E-state index in [1.165, 1.54) is 26.2 Å². The van der Waals surface area contributed by atoms with Crippen LogP contribution in [0.5, 0.6) is 17.2 Å². The van der Waals surface area contributed by atoms with Gasteiger partial charge >= 0.3 is 5.97 Å². The van der Waals surface area contributed by atoms with E-state index in [-0.39, 0.29) is 11.3 Å². The molecule has 0 aliphatic rings. The zero-order valence-electron chi connectivity index (χ0n) is 15.8. The number of carbonyl (C=O) groups is 2. The van der Waals surface area contributed by atoms with Crippen LogP contribution in [0.15, 0.2) is 48.0 Å². The van der Waals surface area contributed by atoms with E-state index in [2.05, 4.69) is 5.32 Å². The molecule has 0 aliphatic carbocycles. The van der Waals surface area contributed by atoms with Gasteiger partial charge in [0.05, 0.1) is 13.7 Å². The fourth-order valence-corrected chi connectivity index (χ4v) is 2.36. The van der Waals surface area contributed by atoms with Gasteiger partial charge in [0.2, 0.25) is 0 Å². The van der Waals surface area contributed by atoms with Gasteiger partial charge < -0.3 is 19.5 Å². The van der Waals surface area contributed by atoms with Crippen LogP contribution in [-0.4, -0.2) is 25.6 Å². The molecule has 0 spiro atoms. The third-order valence-corrected chi connectivity index (χ3v) is 3.52. The molecule has 0 aromatic heterocycles. The van der Waals surface area contributed by atoms with Crippen molar-refractivity contribution in [3.63, 3.8) is 0 Å². The number of carbonyl (C=O) groups excluding carboxylic acids is 2. The molecule has 0 radical (unpaired) electrons. The Morgan fingerprint density at radius 1 is 1.18 bits per heavy atom. The summed E-state index contributed by atoms with van der Waals surface area (Å²) in [5, 5.41) is 12.0. The van der Waals surface area contributed by atoms with E-state index < -0.39 is 11.9 Å². The molecule has 28 heavy (non-hydrogen) atoms. The van der Waals surface area contributed by atoms with Crippen LogP contribution in [-0.2, 0) is 9.59 Å². The van der Waals surface area contributed by atoms with Crippen molar-refractivity contribution in [2.24, 2.45) is 0 Å². The van der Waals surface area contributed by atoms with Crippen molar-refractivity contribution in [2.45, 2.75) is 13.8 Å². The van der Waals surface area contributed by atoms with Crippen molar-refractivity contribution in [2.75, 3.05) is 19.0 Å². The van der Waals surface area contributed by atoms with E-state index in [4.69, 9.17) is 14.2 Å². The summed E-state index contributed by atoms with van der Waals surface area (Å²) >= 11 is 0. The monoisotopic (exact) mass is 380 g/mol. The molecule has 1 N–H and O–H groups in total. The first-order chi connectivity index (χ1) is 13.5. The molecule has 2 aromatic carbocycles. The highest BCUT2D eigenvalue weighted by atomic mass is 16.6. The van der Waals surface area contributed by atoms with E-state index in [0.717, 1.165) is 0 Å². The van der Waals surface area contributed by atoms with Gasteiger partial charge in [0.1, 0.15) is 17.4 Å². The summed E-state index contributed by atoms with van der Waals surface area (Å²) in [6.45, 7) is 3.65. The molecule has 0 saturated carbocycles. The molecule has 1 amide bonds. The lowest BCUT2D eigenvalue weighted by Gasteiger charge is -2.09. The first-order valence-corrected chi connectivity index (χ1v) is 8.49. The molecule has 0 atom stereocenters. The standard InChI is InChI=1S/C21H20N2O5/c1-4-27-18-7-5-6-17(12-18)23-21(25)16(13-22)10-15-8-9-19(28-14(2)24)20(11-15)26-3/h5-12H,4H2,1-3H3,(H,23,25)/b16-10-. The predicted molar refractivity (Wildman–Crippen MR) is 104 cm³/mol. The first kappa shape index (κ1) is 20.5. The lowest BCUT2D eigenvalue weighted by molar-refractivity contribution is -0.132. The smallest absolute Gasteiger partial charge is 0.308 e. The molecular weight excluding hydrogens is 360 g/mol. The van der Waals surface area contributed by atoms with Crippen molar-refractivity contribution in [3.8, 4) is 23.3 Å². The predicted octanol–water partition coefficient (Wildman–Crippen LogP) is 3.56. The molecule has 144 valence electrons. The zero-order valence-corrected chi connectivity index (χ0v) is 15.8. The third kappa shape index (κ3) is 5.61. The summed E-state index contributed by atoms with van der Waals surface area (Å²) in [5.74, 6) is 0.148. The number of hydrogen-bond donors (Lipinski definition) is 1. The van der Waals surface area contributed by atoms with E-state index in [1.807, 2.05) is 13.0 Å². The molecular formula is C21H20N2O5. The van der Waals surface area contributed by atoms with Gasteiger partial charge in [-0.1, -0.05) is 12.1 Å². The number of anilines is 1. The number of rotatable bonds is 7. The number of ether oxygens (including phenoxy) is 3. The minimum absolute atomic E-state index is 0.0934. The molecule has 7 nitrogen and oxygen atoms in total. The number of benzene rings is 2. The summed E-state index contributed by atoms with van der Waals surface area (Å²) in [7, 11) is 1.43. The zero-order chi connectivity index (χ0) is 20.5. The molecule has 2 aromatic rings. The first-order valence-electron chi connectivity index (χ1n) is 8.49. The van der Waals surface area contributed by atoms with Crippen LogP contribution < -0.4 is 19.5 Å². The number of methoxy groups -OCH3 is 1. The normalized spacial score (nSPS) is 10.6. The average Bonchev–Trinajstić information content (AvgIpc) is 2.67. The second kappa shape index (κ2) is 9.78. The Kier molecular flexibility index (Phi) is 7.17. The van der Waals surface area contributed by atoms with E-state index in [9.17, 15) is 14.9 Å². The molecule has 0 bridgehead atoms. The van der Waals surface area contributed by atoms with Crippen molar-refractivity contribution in [1.82, 2.24) is 0 Å². The maximum Gasteiger partial charge on any atom is 0.308 e. The minimum atomic E-state index is -0.556. The number of nitrogens with one attached hydrogen (secondary N) is 1. The van der Waals surface area contributed by atoms with Crippen molar-refractivity contribution < 1.29 is 23.8 Å². The molecule has 0 saturated heterocycles. The molecule has 0 fully saturated rings. The summed E-state index contributed by atoms with van der Waals surface area (Å²) in [4.78, 5) is 23.6. The number of esters is 1. The molecule has 0 aliphatic heterocycles.